The predicted octanol–water partition coefficient (Wildman–Crippen LogP) is 3.71. The van der Waals surface area contributed by atoms with E-state index in [-0.39, 0.29) is 24.8 Å². The summed E-state index contributed by atoms with van der Waals surface area (Å²) in [6, 6.07) is 8.90. The van der Waals surface area contributed by atoms with E-state index >= 15 is 0 Å². The van der Waals surface area contributed by atoms with E-state index in [2.05, 4.69) is 12.2 Å². The minimum absolute atomic E-state index is 0.0521. The van der Waals surface area contributed by atoms with Gasteiger partial charge in [-0.25, -0.2) is 5.06 Å². The van der Waals surface area contributed by atoms with E-state index in [0.29, 0.717) is 17.8 Å². The molecular formula is C18H29N2O4P. The molecule has 3 atom stereocenters. The van der Waals surface area contributed by atoms with Gasteiger partial charge in [-0.3, -0.25) is 19.9 Å². The Morgan fingerprint density at radius 3 is 2.72 bits per heavy atom. The minimum Gasteiger partial charge on any atom is -0.442 e. The molecule has 0 bridgehead atoms. The van der Waals surface area contributed by atoms with Crippen molar-refractivity contribution in [2.45, 2.75) is 45.6 Å². The van der Waals surface area contributed by atoms with Crippen LogP contribution in [-0.2, 0) is 9.36 Å². The molecular weight excluding hydrogens is 339 g/mol. The number of carbonyl (C=O) groups is 1. The number of hydrogen-bond acceptors (Lipinski definition) is 5. The van der Waals surface area contributed by atoms with Crippen molar-refractivity contribution in [3.63, 3.8) is 0 Å². The van der Waals surface area contributed by atoms with Crippen LogP contribution in [0.15, 0.2) is 30.3 Å². The SMILES string of the molecule is CCP(=O)(CNCC(=O)N(O)C1CCCC(C)C1)Oc1ccccc1. The third kappa shape index (κ3) is 6.14. The lowest BCUT2D eigenvalue weighted by Crippen LogP contribution is -2.44. The predicted molar refractivity (Wildman–Crippen MR) is 98.1 cm³/mol. The molecule has 0 spiro atoms. The van der Waals surface area contributed by atoms with Gasteiger partial charge in [0.05, 0.1) is 18.9 Å². The van der Waals surface area contributed by atoms with Gasteiger partial charge in [0.2, 0.25) is 0 Å². The highest BCUT2D eigenvalue weighted by atomic mass is 31.2. The van der Waals surface area contributed by atoms with Crippen molar-refractivity contribution in [1.82, 2.24) is 10.4 Å². The van der Waals surface area contributed by atoms with E-state index < -0.39 is 7.37 Å². The van der Waals surface area contributed by atoms with Crippen LogP contribution < -0.4 is 9.84 Å². The van der Waals surface area contributed by atoms with E-state index in [9.17, 15) is 14.6 Å². The highest BCUT2D eigenvalue weighted by molar-refractivity contribution is 7.59. The number of hydroxylamine groups is 2. The summed E-state index contributed by atoms with van der Waals surface area (Å²) in [5.74, 6) is 0.691. The largest absolute Gasteiger partial charge is 0.442 e. The van der Waals surface area contributed by atoms with Gasteiger partial charge in [-0.1, -0.05) is 44.9 Å². The van der Waals surface area contributed by atoms with Gasteiger partial charge in [-0.2, -0.15) is 0 Å². The van der Waals surface area contributed by atoms with Gasteiger partial charge in [-0.15, -0.1) is 0 Å². The van der Waals surface area contributed by atoms with E-state index in [0.717, 1.165) is 30.7 Å². The van der Waals surface area contributed by atoms with Crippen LogP contribution in [0.3, 0.4) is 0 Å². The van der Waals surface area contributed by atoms with Crippen LogP contribution in [0.5, 0.6) is 5.75 Å². The maximum atomic E-state index is 12.8. The third-order valence-electron chi connectivity index (χ3n) is 4.64. The number of nitrogens with one attached hydrogen (secondary N) is 1. The Bertz CT molecular complexity index is 596. The van der Waals surface area contributed by atoms with Crippen molar-refractivity contribution in [1.29, 1.82) is 0 Å². The van der Waals surface area contributed by atoms with Gasteiger partial charge in [-0.05, 0) is 30.9 Å². The molecule has 1 fully saturated rings. The first-order chi connectivity index (χ1) is 11.9. The number of para-hydroxylation sites is 1. The lowest BCUT2D eigenvalue weighted by Gasteiger charge is -2.32. The second kappa shape index (κ2) is 9.37. The lowest BCUT2D eigenvalue weighted by atomic mass is 9.87. The number of benzene rings is 1. The number of carbonyl (C=O) groups excluding carboxylic acids is 1. The third-order valence-corrected chi connectivity index (χ3v) is 6.85. The molecule has 6 nitrogen and oxygen atoms in total. The zero-order chi connectivity index (χ0) is 18.3. The van der Waals surface area contributed by atoms with Crippen LogP contribution in [0, 0.1) is 5.92 Å². The maximum Gasteiger partial charge on any atom is 0.261 e. The van der Waals surface area contributed by atoms with E-state index in [1.807, 2.05) is 18.2 Å². The standard InChI is InChI=1S/C18H29N2O4P/c1-3-25(23,24-17-10-5-4-6-11-17)14-19-13-18(21)20(22)16-9-7-8-15(2)12-16/h4-6,10-11,15-16,19,22H,3,7-9,12-14H2,1-2H3. The lowest BCUT2D eigenvalue weighted by molar-refractivity contribution is -0.178. The van der Waals surface area contributed by atoms with Gasteiger partial charge in [0.1, 0.15) is 5.75 Å². The normalized spacial score (nSPS) is 22.8. The number of amides is 1. The highest BCUT2D eigenvalue weighted by Crippen LogP contribution is 2.45. The summed E-state index contributed by atoms with van der Waals surface area (Å²) in [4.78, 5) is 12.2. The van der Waals surface area contributed by atoms with E-state index in [1.165, 1.54) is 0 Å². The summed E-state index contributed by atoms with van der Waals surface area (Å²) in [6.07, 6.45) is 4.29. The molecule has 1 saturated carbocycles. The van der Waals surface area contributed by atoms with Crippen molar-refractivity contribution in [2.75, 3.05) is 19.0 Å². The maximum absolute atomic E-state index is 12.8. The molecule has 1 amide bonds. The summed E-state index contributed by atoms with van der Waals surface area (Å²) in [5.41, 5.74) is 0. The molecule has 0 aliphatic heterocycles. The fraction of sp³-hybridized carbons (Fsp3) is 0.611. The zero-order valence-corrected chi connectivity index (χ0v) is 16.0. The molecule has 1 aliphatic carbocycles. The van der Waals surface area contributed by atoms with Crippen molar-refractivity contribution in [3.8, 4) is 5.75 Å². The van der Waals surface area contributed by atoms with Crippen LogP contribution in [0.25, 0.3) is 0 Å². The van der Waals surface area contributed by atoms with Gasteiger partial charge in [0, 0.05) is 6.16 Å². The van der Waals surface area contributed by atoms with Gasteiger partial charge >= 0.3 is 0 Å². The molecule has 2 rings (SSSR count). The minimum atomic E-state index is -2.91. The molecule has 2 N–H and O–H groups in total. The van der Waals surface area contributed by atoms with E-state index in [1.54, 1.807) is 19.1 Å². The Kier molecular flexibility index (Phi) is 7.48. The Hall–Kier alpha value is -1.36. The molecule has 140 valence electrons. The summed E-state index contributed by atoms with van der Waals surface area (Å²) in [5, 5.41) is 13.9. The van der Waals surface area contributed by atoms with Gasteiger partial charge < -0.3 is 4.52 Å². The molecule has 3 unspecified atom stereocenters. The Morgan fingerprint density at radius 2 is 2.08 bits per heavy atom. The van der Waals surface area contributed by atoms with Crippen LogP contribution in [0.1, 0.15) is 39.5 Å². The average Bonchev–Trinajstić information content (AvgIpc) is 2.61. The summed E-state index contributed by atoms with van der Waals surface area (Å²) in [7, 11) is -2.91. The smallest absolute Gasteiger partial charge is 0.261 e. The Balaban J connectivity index is 1.81. The molecule has 0 aromatic heterocycles. The highest BCUT2D eigenvalue weighted by Gasteiger charge is 2.28. The Labute approximate surface area is 150 Å². The molecule has 0 radical (unpaired) electrons. The monoisotopic (exact) mass is 368 g/mol. The number of hydrogen-bond donors (Lipinski definition) is 2. The first kappa shape index (κ1) is 20.0. The molecule has 0 saturated heterocycles. The van der Waals surface area contributed by atoms with Gasteiger partial charge in [0.25, 0.3) is 13.3 Å². The molecule has 7 heteroatoms. The quantitative estimate of drug-likeness (QED) is 0.415. The fourth-order valence-electron chi connectivity index (χ4n) is 3.12. The van der Waals surface area contributed by atoms with E-state index in [4.69, 9.17) is 4.52 Å². The summed E-state index contributed by atoms with van der Waals surface area (Å²) in [6.45, 7) is 3.89. The van der Waals surface area contributed by atoms with Crippen LogP contribution in [0.2, 0.25) is 0 Å². The molecule has 1 aromatic carbocycles. The molecule has 1 aliphatic rings. The molecule has 25 heavy (non-hydrogen) atoms. The van der Waals surface area contributed by atoms with Crippen LogP contribution in [-0.4, -0.2) is 41.2 Å². The number of rotatable bonds is 8. The second-order valence-electron chi connectivity index (χ2n) is 6.78. The summed E-state index contributed by atoms with van der Waals surface area (Å²) < 4.78 is 18.4. The van der Waals surface area contributed by atoms with Crippen molar-refractivity contribution in [3.05, 3.63) is 30.3 Å². The van der Waals surface area contributed by atoms with Crippen molar-refractivity contribution >= 4 is 13.3 Å². The van der Waals surface area contributed by atoms with Crippen molar-refractivity contribution < 1.29 is 19.1 Å². The first-order valence-electron chi connectivity index (χ1n) is 8.98. The summed E-state index contributed by atoms with van der Waals surface area (Å²) >= 11 is 0. The topological polar surface area (TPSA) is 78.9 Å². The van der Waals surface area contributed by atoms with Crippen molar-refractivity contribution in [2.24, 2.45) is 5.92 Å². The second-order valence-corrected chi connectivity index (χ2v) is 9.54. The Morgan fingerprint density at radius 1 is 1.36 bits per heavy atom. The van der Waals surface area contributed by atoms with Gasteiger partial charge in [0.15, 0.2) is 0 Å². The average molecular weight is 368 g/mol. The zero-order valence-electron chi connectivity index (χ0n) is 15.1. The van der Waals surface area contributed by atoms with Crippen LogP contribution in [0.4, 0.5) is 0 Å². The molecule has 1 aromatic rings. The first-order valence-corrected chi connectivity index (χ1v) is 11.0. The molecule has 0 heterocycles. The van der Waals surface area contributed by atoms with Crippen LogP contribution >= 0.6 is 7.37 Å². The number of nitrogens with zero attached hydrogens (tertiary/aromatic N) is 1. The fourth-order valence-corrected chi connectivity index (χ4v) is 4.50.